The van der Waals surface area contributed by atoms with Crippen molar-refractivity contribution in [2.24, 2.45) is 5.92 Å². The molecule has 0 saturated heterocycles. The molecule has 0 bridgehead atoms. The second-order valence-electron chi connectivity index (χ2n) is 3.77. The summed E-state index contributed by atoms with van der Waals surface area (Å²) in [6.07, 6.45) is 0. The molecule has 1 heterocycles. The number of aliphatic hydroxyl groups is 1. The number of aromatic nitrogens is 3. The van der Waals surface area contributed by atoms with Crippen LogP contribution in [0.5, 0.6) is 0 Å². The van der Waals surface area contributed by atoms with E-state index in [2.05, 4.69) is 15.0 Å². The van der Waals surface area contributed by atoms with Crippen molar-refractivity contribution in [1.82, 2.24) is 15.0 Å². The number of nitrogens with two attached hydrogens (primary N) is 1. The highest BCUT2D eigenvalue weighted by Crippen LogP contribution is 2.18. The predicted molar refractivity (Wildman–Crippen MR) is 65.5 cm³/mol. The molecule has 0 radical (unpaired) electrons. The third kappa shape index (κ3) is 3.82. The molecule has 1 rings (SSSR count). The summed E-state index contributed by atoms with van der Waals surface area (Å²) in [5.41, 5.74) is 5.58. The third-order valence-electron chi connectivity index (χ3n) is 1.83. The van der Waals surface area contributed by atoms with Gasteiger partial charge < -0.3 is 15.7 Å². The van der Waals surface area contributed by atoms with Gasteiger partial charge in [-0.25, -0.2) is 0 Å². The number of nitrogens with zero attached hydrogens (tertiary/aromatic N) is 4. The first kappa shape index (κ1) is 13.0. The first-order chi connectivity index (χ1) is 7.52. The second kappa shape index (κ2) is 5.86. The van der Waals surface area contributed by atoms with Crippen LogP contribution in [0.25, 0.3) is 0 Å². The molecule has 0 aliphatic heterocycles. The highest BCUT2D eigenvalue weighted by atomic mass is 32.2. The minimum absolute atomic E-state index is 0.161. The van der Waals surface area contributed by atoms with Gasteiger partial charge in [0.1, 0.15) is 0 Å². The lowest BCUT2D eigenvalue weighted by atomic mass is 10.2. The molecule has 6 nitrogen and oxygen atoms in total. The number of anilines is 2. The Morgan fingerprint density at radius 2 is 2.06 bits per heavy atom. The molecule has 1 atom stereocenters. The van der Waals surface area contributed by atoms with Crippen LogP contribution in [0.1, 0.15) is 6.92 Å². The molecule has 1 unspecified atom stereocenters. The van der Waals surface area contributed by atoms with Crippen molar-refractivity contribution in [3.63, 3.8) is 0 Å². The maximum atomic E-state index is 8.91. The van der Waals surface area contributed by atoms with Crippen molar-refractivity contribution in [3.8, 4) is 0 Å². The first-order valence-corrected chi connectivity index (χ1v) is 5.94. The zero-order chi connectivity index (χ0) is 12.1. The minimum Gasteiger partial charge on any atom is -0.396 e. The Balaban J connectivity index is 2.72. The quantitative estimate of drug-likeness (QED) is 0.716. The van der Waals surface area contributed by atoms with E-state index in [1.165, 1.54) is 11.8 Å². The molecule has 90 valence electrons. The van der Waals surface area contributed by atoms with Crippen molar-refractivity contribution >= 4 is 23.7 Å². The van der Waals surface area contributed by atoms with E-state index < -0.39 is 0 Å². The molecule has 0 fully saturated rings. The number of hydrogen-bond acceptors (Lipinski definition) is 7. The Labute approximate surface area is 99.3 Å². The molecular formula is C9H17N5OS. The van der Waals surface area contributed by atoms with E-state index in [0.717, 1.165) is 5.75 Å². The lowest BCUT2D eigenvalue weighted by Gasteiger charge is -2.11. The van der Waals surface area contributed by atoms with Gasteiger partial charge in [0.2, 0.25) is 11.9 Å². The van der Waals surface area contributed by atoms with Crippen LogP contribution in [-0.2, 0) is 0 Å². The van der Waals surface area contributed by atoms with Gasteiger partial charge in [-0.3, -0.25) is 0 Å². The summed E-state index contributed by atoms with van der Waals surface area (Å²) in [6, 6.07) is 0. The van der Waals surface area contributed by atoms with Gasteiger partial charge in [0.05, 0.1) is 0 Å². The van der Waals surface area contributed by atoms with Gasteiger partial charge in [-0.15, -0.1) is 0 Å². The molecule has 7 heteroatoms. The van der Waals surface area contributed by atoms with Crippen LogP contribution in [0.4, 0.5) is 11.9 Å². The first-order valence-electron chi connectivity index (χ1n) is 4.95. The van der Waals surface area contributed by atoms with Crippen LogP contribution in [-0.4, -0.2) is 46.5 Å². The highest BCUT2D eigenvalue weighted by molar-refractivity contribution is 7.99. The van der Waals surface area contributed by atoms with Gasteiger partial charge in [0.25, 0.3) is 0 Å². The van der Waals surface area contributed by atoms with E-state index in [4.69, 9.17) is 10.8 Å². The van der Waals surface area contributed by atoms with E-state index >= 15 is 0 Å². The molecule has 1 aromatic heterocycles. The van der Waals surface area contributed by atoms with Crippen molar-refractivity contribution in [2.45, 2.75) is 12.1 Å². The fraction of sp³-hybridized carbons (Fsp3) is 0.667. The third-order valence-corrected chi connectivity index (χ3v) is 3.01. The lowest BCUT2D eigenvalue weighted by Crippen LogP contribution is -2.15. The molecule has 0 aromatic carbocycles. The van der Waals surface area contributed by atoms with Crippen LogP contribution in [0.15, 0.2) is 5.16 Å². The Kier molecular flexibility index (Phi) is 4.75. The molecule has 16 heavy (non-hydrogen) atoms. The SMILES string of the molecule is CC(CO)CSc1nc(N)nc(N(C)C)n1. The van der Waals surface area contributed by atoms with Crippen LogP contribution < -0.4 is 10.6 Å². The van der Waals surface area contributed by atoms with E-state index in [9.17, 15) is 0 Å². The zero-order valence-electron chi connectivity index (χ0n) is 9.71. The van der Waals surface area contributed by atoms with Gasteiger partial charge >= 0.3 is 0 Å². The van der Waals surface area contributed by atoms with Crippen LogP contribution in [0.3, 0.4) is 0 Å². The maximum Gasteiger partial charge on any atom is 0.230 e. The highest BCUT2D eigenvalue weighted by Gasteiger charge is 2.08. The molecule has 0 amide bonds. The van der Waals surface area contributed by atoms with E-state index in [1.54, 1.807) is 4.90 Å². The van der Waals surface area contributed by atoms with Gasteiger partial charge in [-0.05, 0) is 5.92 Å². The Morgan fingerprint density at radius 3 is 2.62 bits per heavy atom. The summed E-state index contributed by atoms with van der Waals surface area (Å²) in [7, 11) is 3.69. The van der Waals surface area contributed by atoms with Gasteiger partial charge in [0.15, 0.2) is 5.16 Å². The van der Waals surface area contributed by atoms with E-state index in [-0.39, 0.29) is 18.5 Å². The van der Waals surface area contributed by atoms with Gasteiger partial charge in [-0.2, -0.15) is 15.0 Å². The Morgan fingerprint density at radius 1 is 1.38 bits per heavy atom. The van der Waals surface area contributed by atoms with Crippen LogP contribution in [0, 0.1) is 5.92 Å². The average Bonchev–Trinajstić information content (AvgIpc) is 2.25. The second-order valence-corrected chi connectivity index (χ2v) is 4.76. The smallest absolute Gasteiger partial charge is 0.230 e. The molecule has 1 aromatic rings. The largest absolute Gasteiger partial charge is 0.396 e. The summed E-state index contributed by atoms with van der Waals surface area (Å²) in [6.45, 7) is 2.12. The molecule has 3 N–H and O–H groups in total. The monoisotopic (exact) mass is 243 g/mol. The molecular weight excluding hydrogens is 226 g/mol. The summed E-state index contributed by atoms with van der Waals surface area (Å²) in [5.74, 6) is 1.74. The lowest BCUT2D eigenvalue weighted by molar-refractivity contribution is 0.250. The number of nitrogen functional groups attached to an aromatic ring is 1. The normalized spacial score (nSPS) is 12.5. The van der Waals surface area contributed by atoms with Gasteiger partial charge in [0, 0.05) is 26.5 Å². The Bertz CT molecular complexity index is 347. The summed E-state index contributed by atoms with van der Waals surface area (Å²) >= 11 is 1.47. The minimum atomic E-state index is 0.161. The number of rotatable bonds is 5. The number of hydrogen-bond donors (Lipinski definition) is 2. The van der Waals surface area contributed by atoms with Crippen LogP contribution >= 0.6 is 11.8 Å². The standard InChI is InChI=1S/C9H17N5OS/c1-6(4-15)5-16-9-12-7(10)11-8(13-9)14(2)3/h6,15H,4-5H2,1-3H3,(H2,10,11,12,13). The summed E-state index contributed by atoms with van der Waals surface area (Å²) in [4.78, 5) is 14.1. The fourth-order valence-electron chi connectivity index (χ4n) is 0.895. The molecule has 0 aliphatic rings. The average molecular weight is 243 g/mol. The maximum absolute atomic E-state index is 8.91. The summed E-state index contributed by atoms with van der Waals surface area (Å²) < 4.78 is 0. The summed E-state index contributed by atoms with van der Waals surface area (Å²) in [5, 5.41) is 9.50. The molecule has 0 spiro atoms. The number of thioether (sulfide) groups is 1. The molecule has 0 aliphatic carbocycles. The van der Waals surface area contributed by atoms with Crippen molar-refractivity contribution < 1.29 is 5.11 Å². The van der Waals surface area contributed by atoms with Gasteiger partial charge in [-0.1, -0.05) is 18.7 Å². The Hall–Kier alpha value is -1.08. The zero-order valence-corrected chi connectivity index (χ0v) is 10.5. The van der Waals surface area contributed by atoms with Crippen LogP contribution in [0.2, 0.25) is 0 Å². The van der Waals surface area contributed by atoms with E-state index in [0.29, 0.717) is 11.1 Å². The van der Waals surface area contributed by atoms with Crippen molar-refractivity contribution in [2.75, 3.05) is 37.1 Å². The van der Waals surface area contributed by atoms with Crippen molar-refractivity contribution in [3.05, 3.63) is 0 Å². The van der Waals surface area contributed by atoms with E-state index in [1.807, 2.05) is 21.0 Å². The molecule has 0 saturated carbocycles. The predicted octanol–water partition coefficient (Wildman–Crippen LogP) is 0.240. The fourth-order valence-corrected chi connectivity index (χ4v) is 1.74. The topological polar surface area (TPSA) is 88.2 Å². The number of aliphatic hydroxyl groups excluding tert-OH is 1. The van der Waals surface area contributed by atoms with Crippen molar-refractivity contribution in [1.29, 1.82) is 0 Å².